The van der Waals surface area contributed by atoms with Gasteiger partial charge in [0.05, 0.1) is 10.6 Å². The number of benzene rings is 3. The van der Waals surface area contributed by atoms with Crippen molar-refractivity contribution in [1.29, 1.82) is 0 Å². The van der Waals surface area contributed by atoms with E-state index in [9.17, 15) is 17.7 Å². The Morgan fingerprint density at radius 1 is 0.926 bits per heavy atom. The standard InChI is InChI=1S/C16H12N2O7S2/c19-14-9-8-12-13(2-1-3-15(12)25-26(20)21)16(14)18-17-10-4-6-11(7-5-10)27(22,23)24/h1-9,19H,(H,20,21)(H,22,23,24). The van der Waals surface area contributed by atoms with Gasteiger partial charge in [-0.3, -0.25) is 9.11 Å². The first kappa shape index (κ1) is 18.9. The van der Waals surface area contributed by atoms with Crippen LogP contribution >= 0.6 is 0 Å². The Labute approximate surface area is 156 Å². The van der Waals surface area contributed by atoms with Gasteiger partial charge in [0.25, 0.3) is 10.1 Å². The average molecular weight is 408 g/mol. The van der Waals surface area contributed by atoms with E-state index in [1.165, 1.54) is 30.3 Å². The minimum atomic E-state index is -4.31. The normalized spacial score (nSPS) is 13.1. The summed E-state index contributed by atoms with van der Waals surface area (Å²) in [6, 6.07) is 12.5. The van der Waals surface area contributed by atoms with Gasteiger partial charge >= 0.3 is 11.4 Å². The molecule has 1 atom stereocenters. The molecule has 0 bridgehead atoms. The molecule has 0 fully saturated rings. The molecule has 0 spiro atoms. The van der Waals surface area contributed by atoms with Gasteiger partial charge in [-0.15, -0.1) is 5.11 Å². The average Bonchev–Trinajstić information content (AvgIpc) is 2.60. The zero-order valence-electron chi connectivity index (χ0n) is 13.4. The summed E-state index contributed by atoms with van der Waals surface area (Å²) in [5.74, 6) is -0.0506. The van der Waals surface area contributed by atoms with Crippen LogP contribution in [-0.4, -0.2) is 26.8 Å². The third-order valence-corrected chi connectivity index (χ3v) is 4.72. The highest BCUT2D eigenvalue weighted by Gasteiger charge is 2.12. The van der Waals surface area contributed by atoms with E-state index < -0.39 is 21.5 Å². The van der Waals surface area contributed by atoms with Crippen molar-refractivity contribution in [3.8, 4) is 11.5 Å². The molecule has 3 N–H and O–H groups in total. The fourth-order valence-electron chi connectivity index (χ4n) is 2.35. The molecule has 0 saturated heterocycles. The number of hydrogen-bond acceptors (Lipinski definition) is 7. The first-order valence-corrected chi connectivity index (χ1v) is 9.76. The van der Waals surface area contributed by atoms with Crippen LogP contribution < -0.4 is 4.18 Å². The van der Waals surface area contributed by atoms with Crippen molar-refractivity contribution in [3.05, 3.63) is 54.6 Å². The number of hydrogen-bond donors (Lipinski definition) is 3. The van der Waals surface area contributed by atoms with Gasteiger partial charge in [-0.25, -0.2) is 0 Å². The van der Waals surface area contributed by atoms with Gasteiger partial charge in [0, 0.05) is 10.8 Å². The summed E-state index contributed by atoms with van der Waals surface area (Å²) in [4.78, 5) is -0.284. The SMILES string of the molecule is O=S(O)Oc1cccc2c(N=Nc3ccc(S(=O)(=O)O)cc3)c(O)ccc12. The van der Waals surface area contributed by atoms with Crippen LogP contribution in [0.4, 0.5) is 11.4 Å². The summed E-state index contributed by atoms with van der Waals surface area (Å²) >= 11 is -2.51. The van der Waals surface area contributed by atoms with E-state index >= 15 is 0 Å². The molecular weight excluding hydrogens is 396 g/mol. The van der Waals surface area contributed by atoms with Gasteiger partial charge in [0.1, 0.15) is 11.4 Å². The Balaban J connectivity index is 2.02. The summed E-state index contributed by atoms with van der Waals surface area (Å²) in [6.07, 6.45) is 0. The summed E-state index contributed by atoms with van der Waals surface area (Å²) in [6.45, 7) is 0. The largest absolute Gasteiger partial charge is 0.506 e. The topological polar surface area (TPSA) is 146 Å². The Kier molecular flexibility index (Phi) is 5.19. The molecule has 0 radical (unpaired) electrons. The van der Waals surface area contributed by atoms with Crippen molar-refractivity contribution in [3.63, 3.8) is 0 Å². The second-order valence-corrected chi connectivity index (χ2v) is 7.28. The van der Waals surface area contributed by atoms with Gasteiger partial charge in [-0.1, -0.05) is 12.1 Å². The highest BCUT2D eigenvalue weighted by molar-refractivity contribution is 7.85. The van der Waals surface area contributed by atoms with Crippen LogP contribution in [0, 0.1) is 0 Å². The third-order valence-electron chi connectivity index (χ3n) is 3.53. The van der Waals surface area contributed by atoms with Crippen LogP contribution in [-0.2, 0) is 21.5 Å². The van der Waals surface area contributed by atoms with Crippen LogP contribution in [0.1, 0.15) is 0 Å². The van der Waals surface area contributed by atoms with E-state index in [1.54, 1.807) is 12.1 Å². The molecule has 0 saturated carbocycles. The summed E-state index contributed by atoms with van der Waals surface area (Å²) < 4.78 is 55.7. The number of phenols is 1. The molecular formula is C16H12N2O7S2. The second kappa shape index (κ2) is 7.40. The number of fused-ring (bicyclic) bond motifs is 1. The zero-order chi connectivity index (χ0) is 19.6. The quantitative estimate of drug-likeness (QED) is 0.331. The van der Waals surface area contributed by atoms with E-state index in [0.717, 1.165) is 12.1 Å². The van der Waals surface area contributed by atoms with E-state index in [0.29, 0.717) is 10.8 Å². The summed E-state index contributed by atoms with van der Waals surface area (Å²) in [7, 11) is -4.31. The van der Waals surface area contributed by atoms with Gasteiger partial charge in [0.15, 0.2) is 5.75 Å². The fraction of sp³-hybridized carbons (Fsp3) is 0. The first-order chi connectivity index (χ1) is 12.8. The Hall–Kier alpha value is -2.86. The minimum Gasteiger partial charge on any atom is -0.506 e. The molecule has 1 unspecified atom stereocenters. The highest BCUT2D eigenvalue weighted by atomic mass is 32.2. The molecule has 0 aliphatic carbocycles. The molecule has 9 nitrogen and oxygen atoms in total. The lowest BCUT2D eigenvalue weighted by atomic mass is 10.1. The van der Waals surface area contributed by atoms with E-state index in [2.05, 4.69) is 10.2 Å². The van der Waals surface area contributed by atoms with E-state index in [4.69, 9.17) is 13.3 Å². The molecule has 27 heavy (non-hydrogen) atoms. The van der Waals surface area contributed by atoms with Gasteiger partial charge in [-0.2, -0.15) is 17.7 Å². The molecule has 3 rings (SSSR count). The number of rotatable bonds is 5. The highest BCUT2D eigenvalue weighted by Crippen LogP contribution is 2.39. The maximum Gasteiger partial charge on any atom is 0.357 e. The van der Waals surface area contributed by atoms with E-state index in [1.807, 2.05) is 0 Å². The lowest BCUT2D eigenvalue weighted by Gasteiger charge is -2.08. The van der Waals surface area contributed by atoms with Crippen molar-refractivity contribution in [1.82, 2.24) is 0 Å². The Bertz CT molecular complexity index is 1160. The molecule has 0 heterocycles. The van der Waals surface area contributed by atoms with Crippen molar-refractivity contribution in [2.24, 2.45) is 10.2 Å². The van der Waals surface area contributed by atoms with Crippen molar-refractivity contribution < 1.29 is 31.0 Å². The number of phenolic OH excluding ortho intramolecular Hbond substituents is 1. The second-order valence-electron chi connectivity index (χ2n) is 5.25. The predicted molar refractivity (Wildman–Crippen MR) is 97.4 cm³/mol. The number of aromatic hydroxyl groups is 1. The Morgan fingerprint density at radius 2 is 1.63 bits per heavy atom. The zero-order valence-corrected chi connectivity index (χ0v) is 15.0. The van der Waals surface area contributed by atoms with Gasteiger partial charge < -0.3 is 9.29 Å². The summed E-state index contributed by atoms with van der Waals surface area (Å²) in [5.41, 5.74) is 0.378. The summed E-state index contributed by atoms with van der Waals surface area (Å²) in [5, 5.41) is 18.9. The molecule has 0 aliphatic heterocycles. The number of azo groups is 1. The first-order valence-electron chi connectivity index (χ1n) is 7.29. The van der Waals surface area contributed by atoms with Crippen molar-refractivity contribution >= 4 is 43.6 Å². The lowest BCUT2D eigenvalue weighted by molar-refractivity contribution is 0.460. The predicted octanol–water partition coefficient (Wildman–Crippen LogP) is 3.72. The van der Waals surface area contributed by atoms with Gasteiger partial charge in [-0.05, 0) is 42.5 Å². The van der Waals surface area contributed by atoms with E-state index in [-0.39, 0.29) is 27.8 Å². The Morgan fingerprint density at radius 3 is 2.26 bits per heavy atom. The monoisotopic (exact) mass is 408 g/mol. The smallest absolute Gasteiger partial charge is 0.357 e. The maximum atomic E-state index is 11.0. The molecule has 11 heteroatoms. The van der Waals surface area contributed by atoms with Crippen molar-refractivity contribution in [2.75, 3.05) is 0 Å². The van der Waals surface area contributed by atoms with Crippen LogP contribution in [0.3, 0.4) is 0 Å². The van der Waals surface area contributed by atoms with Crippen molar-refractivity contribution in [2.45, 2.75) is 4.90 Å². The van der Waals surface area contributed by atoms with Crippen LogP contribution in [0.25, 0.3) is 10.8 Å². The van der Waals surface area contributed by atoms with Crippen LogP contribution in [0.2, 0.25) is 0 Å². The van der Waals surface area contributed by atoms with Crippen LogP contribution in [0.15, 0.2) is 69.7 Å². The molecule has 0 aromatic heterocycles. The van der Waals surface area contributed by atoms with Crippen LogP contribution in [0.5, 0.6) is 11.5 Å². The lowest BCUT2D eigenvalue weighted by Crippen LogP contribution is -1.97. The maximum absolute atomic E-state index is 11.0. The fourth-order valence-corrected chi connectivity index (χ4v) is 3.13. The minimum absolute atomic E-state index is 0.0977. The van der Waals surface area contributed by atoms with Gasteiger partial charge in [0.2, 0.25) is 0 Å². The molecule has 0 aliphatic rings. The molecule has 140 valence electrons. The third kappa shape index (κ3) is 4.28. The number of nitrogens with zero attached hydrogens (tertiary/aromatic N) is 2. The molecule has 3 aromatic carbocycles. The molecule has 3 aromatic rings. The molecule has 0 amide bonds.